The third kappa shape index (κ3) is 3.83. The molecule has 0 bridgehead atoms. The van der Waals surface area contributed by atoms with Crippen molar-refractivity contribution in [2.75, 3.05) is 13.7 Å². The molecular formula is C19H20N4O2S. The second-order valence-corrected chi connectivity index (χ2v) is 6.00. The Bertz CT molecular complexity index is 974. The van der Waals surface area contributed by atoms with Crippen molar-refractivity contribution in [1.29, 1.82) is 0 Å². The number of aryl methyl sites for hydroxylation is 1. The van der Waals surface area contributed by atoms with Crippen LogP contribution in [-0.2, 0) is 0 Å². The first-order chi connectivity index (χ1) is 12.6. The van der Waals surface area contributed by atoms with Crippen LogP contribution in [0.3, 0.4) is 0 Å². The van der Waals surface area contributed by atoms with Gasteiger partial charge < -0.3 is 9.47 Å². The number of aromatic nitrogens is 3. The summed E-state index contributed by atoms with van der Waals surface area (Å²) in [6.07, 6.45) is 1.71. The Morgan fingerprint density at radius 3 is 2.65 bits per heavy atom. The molecule has 1 N–H and O–H groups in total. The van der Waals surface area contributed by atoms with Crippen molar-refractivity contribution in [2.45, 2.75) is 13.8 Å². The van der Waals surface area contributed by atoms with E-state index >= 15 is 0 Å². The van der Waals surface area contributed by atoms with Crippen LogP contribution in [0.25, 0.3) is 11.4 Å². The van der Waals surface area contributed by atoms with E-state index in [0.29, 0.717) is 28.7 Å². The summed E-state index contributed by atoms with van der Waals surface area (Å²) in [5.74, 6) is 2.02. The van der Waals surface area contributed by atoms with Gasteiger partial charge in [0.25, 0.3) is 0 Å². The highest BCUT2D eigenvalue weighted by Crippen LogP contribution is 2.27. The first-order valence-corrected chi connectivity index (χ1v) is 8.63. The Kier molecular flexibility index (Phi) is 5.48. The van der Waals surface area contributed by atoms with Crippen LogP contribution < -0.4 is 9.47 Å². The average Bonchev–Trinajstić information content (AvgIpc) is 3.02. The Balaban J connectivity index is 1.93. The molecule has 26 heavy (non-hydrogen) atoms. The zero-order valence-corrected chi connectivity index (χ0v) is 15.7. The van der Waals surface area contributed by atoms with E-state index in [1.54, 1.807) is 18.0 Å². The van der Waals surface area contributed by atoms with Crippen LogP contribution in [-0.4, -0.2) is 34.8 Å². The lowest BCUT2D eigenvalue weighted by Gasteiger charge is -2.09. The third-order valence-corrected chi connectivity index (χ3v) is 4.03. The second-order valence-electron chi connectivity index (χ2n) is 5.62. The van der Waals surface area contributed by atoms with E-state index in [-0.39, 0.29) is 0 Å². The lowest BCUT2D eigenvalue weighted by atomic mass is 10.1. The molecule has 0 aliphatic carbocycles. The molecule has 0 amide bonds. The highest BCUT2D eigenvalue weighted by atomic mass is 32.1. The fourth-order valence-corrected chi connectivity index (χ4v) is 2.63. The second kappa shape index (κ2) is 7.97. The molecule has 3 aromatic rings. The SMILES string of the molecule is CCOc1ccc(C=Nn2c(-c3ccc(C)cc3)n[nH]c2=S)cc1OC. The minimum atomic E-state index is 0.426. The van der Waals surface area contributed by atoms with Crippen LogP contribution in [0.15, 0.2) is 47.6 Å². The van der Waals surface area contributed by atoms with Gasteiger partial charge in [0.2, 0.25) is 4.77 Å². The van der Waals surface area contributed by atoms with E-state index in [9.17, 15) is 0 Å². The number of rotatable bonds is 6. The zero-order valence-electron chi connectivity index (χ0n) is 14.9. The number of hydrogen-bond donors (Lipinski definition) is 1. The smallest absolute Gasteiger partial charge is 0.216 e. The standard InChI is InChI=1S/C19H20N4O2S/c1-4-25-16-10-7-14(11-17(16)24-3)12-20-23-18(21-22-19(23)26)15-8-5-13(2)6-9-15/h5-12H,4H2,1-3H3,(H,22,26). The van der Waals surface area contributed by atoms with E-state index < -0.39 is 0 Å². The topological polar surface area (TPSA) is 64.4 Å². The van der Waals surface area contributed by atoms with Crippen LogP contribution in [0.2, 0.25) is 0 Å². The van der Waals surface area contributed by atoms with Crippen LogP contribution in [0, 0.1) is 11.7 Å². The number of ether oxygens (including phenoxy) is 2. The molecule has 0 radical (unpaired) electrons. The first-order valence-electron chi connectivity index (χ1n) is 8.22. The number of methoxy groups -OCH3 is 1. The first kappa shape index (κ1) is 17.9. The molecule has 0 atom stereocenters. The maximum atomic E-state index is 5.53. The molecule has 0 unspecified atom stereocenters. The van der Waals surface area contributed by atoms with Crippen molar-refractivity contribution in [3.63, 3.8) is 0 Å². The van der Waals surface area contributed by atoms with E-state index in [1.165, 1.54) is 5.56 Å². The van der Waals surface area contributed by atoms with Gasteiger partial charge in [0.05, 0.1) is 19.9 Å². The highest BCUT2D eigenvalue weighted by Gasteiger charge is 2.08. The molecule has 0 aliphatic rings. The largest absolute Gasteiger partial charge is 0.493 e. The Morgan fingerprint density at radius 2 is 1.96 bits per heavy atom. The molecule has 0 saturated carbocycles. The van der Waals surface area contributed by atoms with Gasteiger partial charge in [0.1, 0.15) is 0 Å². The summed E-state index contributed by atoms with van der Waals surface area (Å²) in [6, 6.07) is 13.7. The minimum absolute atomic E-state index is 0.426. The van der Waals surface area contributed by atoms with Gasteiger partial charge in [0, 0.05) is 5.56 Å². The van der Waals surface area contributed by atoms with Gasteiger partial charge >= 0.3 is 0 Å². The number of H-pyrrole nitrogens is 1. The molecule has 0 fully saturated rings. The van der Waals surface area contributed by atoms with E-state index in [4.69, 9.17) is 21.7 Å². The maximum Gasteiger partial charge on any atom is 0.216 e. The van der Waals surface area contributed by atoms with Gasteiger partial charge in [-0.25, -0.2) is 5.10 Å². The number of aromatic amines is 1. The van der Waals surface area contributed by atoms with E-state index in [0.717, 1.165) is 11.1 Å². The lowest BCUT2D eigenvalue weighted by molar-refractivity contribution is 0.311. The summed E-state index contributed by atoms with van der Waals surface area (Å²) in [4.78, 5) is 0. The van der Waals surface area contributed by atoms with Gasteiger partial charge in [-0.05, 0) is 49.8 Å². The summed E-state index contributed by atoms with van der Waals surface area (Å²) in [7, 11) is 1.61. The molecule has 0 aliphatic heterocycles. The van der Waals surface area contributed by atoms with Gasteiger partial charge in [-0.3, -0.25) is 0 Å². The monoisotopic (exact) mass is 368 g/mol. The normalized spacial score (nSPS) is 11.0. The summed E-state index contributed by atoms with van der Waals surface area (Å²) in [5.41, 5.74) is 2.98. The van der Waals surface area contributed by atoms with Crippen LogP contribution in [0.5, 0.6) is 11.5 Å². The predicted molar refractivity (Wildman–Crippen MR) is 105 cm³/mol. The Morgan fingerprint density at radius 1 is 1.19 bits per heavy atom. The Labute approximate surface area is 157 Å². The maximum absolute atomic E-state index is 5.53. The fraction of sp³-hybridized carbons (Fsp3) is 0.211. The summed E-state index contributed by atoms with van der Waals surface area (Å²) >= 11 is 5.30. The molecule has 134 valence electrons. The van der Waals surface area contributed by atoms with Crippen molar-refractivity contribution >= 4 is 18.4 Å². The highest BCUT2D eigenvalue weighted by molar-refractivity contribution is 7.71. The van der Waals surface area contributed by atoms with E-state index in [1.807, 2.05) is 56.3 Å². The van der Waals surface area contributed by atoms with Gasteiger partial charge in [-0.2, -0.15) is 14.9 Å². The molecule has 0 saturated heterocycles. The molecule has 0 spiro atoms. The summed E-state index contributed by atoms with van der Waals surface area (Å²) < 4.78 is 12.9. The predicted octanol–water partition coefficient (Wildman–Crippen LogP) is 4.21. The molecule has 6 nitrogen and oxygen atoms in total. The van der Waals surface area contributed by atoms with Gasteiger partial charge in [0.15, 0.2) is 17.3 Å². The van der Waals surface area contributed by atoms with Crippen LogP contribution >= 0.6 is 12.2 Å². The minimum Gasteiger partial charge on any atom is -0.493 e. The summed E-state index contributed by atoms with van der Waals surface area (Å²) in [5, 5.41) is 11.6. The summed E-state index contributed by atoms with van der Waals surface area (Å²) in [6.45, 7) is 4.55. The van der Waals surface area contributed by atoms with Crippen molar-refractivity contribution in [3.05, 3.63) is 58.4 Å². The molecule has 1 aromatic heterocycles. The van der Waals surface area contributed by atoms with Crippen molar-refractivity contribution in [1.82, 2.24) is 14.9 Å². The van der Waals surface area contributed by atoms with Crippen LogP contribution in [0.1, 0.15) is 18.1 Å². The third-order valence-electron chi connectivity index (χ3n) is 3.77. The molecule has 7 heteroatoms. The number of nitrogens with one attached hydrogen (secondary N) is 1. The zero-order chi connectivity index (χ0) is 18.5. The molecule has 3 rings (SSSR count). The molecule has 2 aromatic carbocycles. The number of benzene rings is 2. The quantitative estimate of drug-likeness (QED) is 0.523. The average molecular weight is 368 g/mol. The van der Waals surface area contributed by atoms with Crippen molar-refractivity contribution in [2.24, 2.45) is 5.10 Å². The van der Waals surface area contributed by atoms with Crippen molar-refractivity contribution in [3.8, 4) is 22.9 Å². The van der Waals surface area contributed by atoms with E-state index in [2.05, 4.69) is 15.3 Å². The number of nitrogens with zero attached hydrogens (tertiary/aromatic N) is 3. The van der Waals surface area contributed by atoms with Crippen molar-refractivity contribution < 1.29 is 9.47 Å². The van der Waals surface area contributed by atoms with Gasteiger partial charge in [-0.1, -0.05) is 29.8 Å². The Hall–Kier alpha value is -2.93. The molecule has 1 heterocycles. The molecular weight excluding hydrogens is 348 g/mol. The lowest BCUT2D eigenvalue weighted by Crippen LogP contribution is -1.97. The fourth-order valence-electron chi connectivity index (χ4n) is 2.45. The van der Waals surface area contributed by atoms with Crippen LogP contribution in [0.4, 0.5) is 0 Å². The number of hydrogen-bond acceptors (Lipinski definition) is 5. The van der Waals surface area contributed by atoms with Gasteiger partial charge in [-0.15, -0.1) is 0 Å².